The number of benzene rings is 1. The van der Waals surface area contributed by atoms with Crippen molar-refractivity contribution in [1.29, 1.82) is 0 Å². The fraction of sp³-hybridized carbons (Fsp3) is 0.429. The Hall–Kier alpha value is -1.72. The van der Waals surface area contributed by atoms with Crippen molar-refractivity contribution in [2.24, 2.45) is 5.73 Å². The van der Waals surface area contributed by atoms with Crippen LogP contribution in [0.25, 0.3) is 0 Å². The van der Waals surface area contributed by atoms with Gasteiger partial charge < -0.3 is 11.1 Å². The molecule has 102 valence electrons. The SMILES string of the molecule is CC(=O)c1ccccc1NC(=O)CN1CC[C@@H](N)C1. The minimum atomic E-state index is -0.109. The minimum Gasteiger partial charge on any atom is -0.326 e. The number of likely N-dealkylation sites (tertiary alicyclic amines) is 1. The van der Waals surface area contributed by atoms with Gasteiger partial charge in [0, 0.05) is 24.7 Å². The van der Waals surface area contributed by atoms with E-state index >= 15 is 0 Å². The first-order valence-electron chi connectivity index (χ1n) is 6.44. The fourth-order valence-corrected chi connectivity index (χ4v) is 2.30. The zero-order chi connectivity index (χ0) is 13.8. The molecular formula is C14H19N3O2. The molecule has 1 aromatic carbocycles. The number of nitrogens with one attached hydrogen (secondary N) is 1. The topological polar surface area (TPSA) is 75.4 Å². The van der Waals surface area contributed by atoms with Gasteiger partial charge in [-0.15, -0.1) is 0 Å². The van der Waals surface area contributed by atoms with E-state index in [1.165, 1.54) is 6.92 Å². The second-order valence-corrected chi connectivity index (χ2v) is 4.93. The first kappa shape index (κ1) is 13.7. The molecule has 0 unspecified atom stereocenters. The molecule has 1 saturated heterocycles. The molecule has 1 atom stereocenters. The van der Waals surface area contributed by atoms with E-state index in [1.54, 1.807) is 24.3 Å². The Morgan fingerprint density at radius 3 is 2.79 bits per heavy atom. The number of ketones is 1. The fourth-order valence-electron chi connectivity index (χ4n) is 2.30. The first-order valence-corrected chi connectivity index (χ1v) is 6.44. The molecular weight excluding hydrogens is 242 g/mol. The van der Waals surface area contributed by atoms with Crippen LogP contribution in [0.5, 0.6) is 0 Å². The van der Waals surface area contributed by atoms with Gasteiger partial charge in [0.2, 0.25) is 5.91 Å². The molecule has 1 heterocycles. The second kappa shape index (κ2) is 5.95. The standard InChI is InChI=1S/C14H19N3O2/c1-10(18)12-4-2-3-5-13(12)16-14(19)9-17-7-6-11(15)8-17/h2-5,11H,6-9,15H2,1H3,(H,16,19)/t11-/m1/s1. The quantitative estimate of drug-likeness (QED) is 0.788. The Kier molecular flexibility index (Phi) is 4.29. The predicted molar refractivity (Wildman–Crippen MR) is 74.1 cm³/mol. The number of amides is 1. The van der Waals surface area contributed by atoms with Crippen LogP contribution >= 0.6 is 0 Å². The van der Waals surface area contributed by atoms with Gasteiger partial charge in [-0.3, -0.25) is 14.5 Å². The van der Waals surface area contributed by atoms with Crippen LogP contribution < -0.4 is 11.1 Å². The average molecular weight is 261 g/mol. The Balaban J connectivity index is 1.97. The van der Waals surface area contributed by atoms with Gasteiger partial charge in [0.15, 0.2) is 5.78 Å². The Morgan fingerprint density at radius 1 is 1.42 bits per heavy atom. The molecule has 1 aromatic rings. The van der Waals surface area contributed by atoms with Crippen molar-refractivity contribution in [2.45, 2.75) is 19.4 Å². The first-order chi connectivity index (χ1) is 9.06. The number of hydrogen-bond acceptors (Lipinski definition) is 4. The predicted octanol–water partition coefficient (Wildman–Crippen LogP) is 0.861. The van der Waals surface area contributed by atoms with E-state index in [0.29, 0.717) is 17.8 Å². The van der Waals surface area contributed by atoms with Crippen molar-refractivity contribution in [3.8, 4) is 0 Å². The lowest BCUT2D eigenvalue weighted by molar-refractivity contribution is -0.117. The third-order valence-corrected chi connectivity index (χ3v) is 3.26. The highest BCUT2D eigenvalue weighted by molar-refractivity contribution is 6.04. The van der Waals surface area contributed by atoms with Crippen molar-refractivity contribution < 1.29 is 9.59 Å². The van der Waals surface area contributed by atoms with E-state index in [-0.39, 0.29) is 17.7 Å². The summed E-state index contributed by atoms with van der Waals surface area (Å²) in [5.41, 5.74) is 6.91. The highest BCUT2D eigenvalue weighted by atomic mass is 16.2. The van der Waals surface area contributed by atoms with Crippen LogP contribution in [0.4, 0.5) is 5.69 Å². The molecule has 5 heteroatoms. The van der Waals surface area contributed by atoms with Crippen molar-refractivity contribution in [2.75, 3.05) is 25.0 Å². The number of nitrogens with two attached hydrogens (primary N) is 1. The van der Waals surface area contributed by atoms with Crippen molar-refractivity contribution in [3.05, 3.63) is 29.8 Å². The van der Waals surface area contributed by atoms with Crippen LogP contribution in [0.2, 0.25) is 0 Å². The monoisotopic (exact) mass is 261 g/mol. The van der Waals surface area contributed by atoms with Crippen molar-refractivity contribution in [3.63, 3.8) is 0 Å². The molecule has 0 bridgehead atoms. The molecule has 5 nitrogen and oxygen atoms in total. The average Bonchev–Trinajstić information content (AvgIpc) is 2.75. The summed E-state index contributed by atoms with van der Waals surface area (Å²) in [6.07, 6.45) is 0.928. The molecule has 3 N–H and O–H groups in total. The van der Waals surface area contributed by atoms with Gasteiger partial charge in [-0.05, 0) is 25.5 Å². The molecule has 0 radical (unpaired) electrons. The summed E-state index contributed by atoms with van der Waals surface area (Å²) in [6, 6.07) is 7.20. The van der Waals surface area contributed by atoms with Gasteiger partial charge in [0.25, 0.3) is 0 Å². The summed E-state index contributed by atoms with van der Waals surface area (Å²) in [6.45, 7) is 3.41. The Labute approximate surface area is 112 Å². The van der Waals surface area contributed by atoms with Gasteiger partial charge in [0.05, 0.1) is 12.2 Å². The van der Waals surface area contributed by atoms with E-state index in [2.05, 4.69) is 5.32 Å². The third-order valence-electron chi connectivity index (χ3n) is 3.26. The lowest BCUT2D eigenvalue weighted by Gasteiger charge is -2.15. The summed E-state index contributed by atoms with van der Waals surface area (Å²) < 4.78 is 0. The van der Waals surface area contributed by atoms with Crippen LogP contribution in [-0.4, -0.2) is 42.3 Å². The van der Waals surface area contributed by atoms with Crippen molar-refractivity contribution in [1.82, 2.24) is 4.90 Å². The highest BCUT2D eigenvalue weighted by Gasteiger charge is 2.21. The van der Waals surface area contributed by atoms with Crippen molar-refractivity contribution >= 4 is 17.4 Å². The molecule has 1 amide bonds. The molecule has 0 aromatic heterocycles. The van der Waals surface area contributed by atoms with Crippen LogP contribution in [-0.2, 0) is 4.79 Å². The molecule has 0 spiro atoms. The summed E-state index contributed by atoms with van der Waals surface area (Å²) in [4.78, 5) is 25.4. The van der Waals surface area contributed by atoms with E-state index in [0.717, 1.165) is 19.5 Å². The van der Waals surface area contributed by atoms with E-state index < -0.39 is 0 Å². The van der Waals surface area contributed by atoms with Crippen LogP contribution in [0.15, 0.2) is 24.3 Å². The number of anilines is 1. The molecule has 2 rings (SSSR count). The molecule has 0 saturated carbocycles. The lowest BCUT2D eigenvalue weighted by Crippen LogP contribution is -2.33. The van der Waals surface area contributed by atoms with E-state index in [9.17, 15) is 9.59 Å². The largest absolute Gasteiger partial charge is 0.326 e. The Bertz CT molecular complexity index is 487. The number of carbonyl (C=O) groups excluding carboxylic acids is 2. The van der Waals surface area contributed by atoms with E-state index in [4.69, 9.17) is 5.73 Å². The maximum atomic E-state index is 11.9. The number of para-hydroxylation sites is 1. The maximum absolute atomic E-state index is 11.9. The molecule has 19 heavy (non-hydrogen) atoms. The number of carbonyl (C=O) groups is 2. The molecule has 1 aliphatic heterocycles. The van der Waals surface area contributed by atoms with Crippen LogP contribution in [0.1, 0.15) is 23.7 Å². The number of hydrogen-bond donors (Lipinski definition) is 2. The smallest absolute Gasteiger partial charge is 0.238 e. The van der Waals surface area contributed by atoms with Gasteiger partial charge in [0.1, 0.15) is 0 Å². The Morgan fingerprint density at radius 2 is 2.16 bits per heavy atom. The third kappa shape index (κ3) is 3.62. The highest BCUT2D eigenvalue weighted by Crippen LogP contribution is 2.15. The summed E-state index contributed by atoms with van der Waals surface area (Å²) in [5, 5.41) is 2.79. The summed E-state index contributed by atoms with van der Waals surface area (Å²) in [7, 11) is 0. The normalized spacial score (nSPS) is 19.4. The zero-order valence-corrected chi connectivity index (χ0v) is 11.1. The van der Waals surface area contributed by atoms with Gasteiger partial charge in [-0.25, -0.2) is 0 Å². The zero-order valence-electron chi connectivity index (χ0n) is 11.1. The van der Waals surface area contributed by atoms with Crippen LogP contribution in [0, 0.1) is 0 Å². The number of rotatable bonds is 4. The number of nitrogens with zero attached hydrogens (tertiary/aromatic N) is 1. The van der Waals surface area contributed by atoms with Gasteiger partial charge in [-0.1, -0.05) is 12.1 Å². The number of Topliss-reactive ketones (excluding diaryl/α,β-unsaturated/α-hetero) is 1. The molecule has 0 aliphatic carbocycles. The summed E-state index contributed by atoms with van der Waals surface area (Å²) in [5.74, 6) is -0.165. The lowest BCUT2D eigenvalue weighted by atomic mass is 10.1. The molecule has 1 fully saturated rings. The summed E-state index contributed by atoms with van der Waals surface area (Å²) >= 11 is 0. The minimum absolute atomic E-state index is 0.0564. The maximum Gasteiger partial charge on any atom is 0.238 e. The van der Waals surface area contributed by atoms with Gasteiger partial charge >= 0.3 is 0 Å². The molecule has 1 aliphatic rings. The van der Waals surface area contributed by atoms with E-state index in [1.807, 2.05) is 4.90 Å². The van der Waals surface area contributed by atoms with Gasteiger partial charge in [-0.2, -0.15) is 0 Å². The van der Waals surface area contributed by atoms with Crippen LogP contribution in [0.3, 0.4) is 0 Å². The second-order valence-electron chi connectivity index (χ2n) is 4.93.